The van der Waals surface area contributed by atoms with Crippen molar-refractivity contribution in [3.63, 3.8) is 0 Å². The number of rotatable bonds is 9. The van der Waals surface area contributed by atoms with E-state index in [0.29, 0.717) is 34.9 Å². The Morgan fingerprint density at radius 2 is 1.77 bits per heavy atom. The van der Waals surface area contributed by atoms with Gasteiger partial charge in [-0.3, -0.25) is 0 Å². The Balaban J connectivity index is 2.21. The van der Waals surface area contributed by atoms with Gasteiger partial charge in [0.05, 0.1) is 22.4 Å². The maximum absolute atomic E-state index is 9.33. The summed E-state index contributed by atoms with van der Waals surface area (Å²) in [6.07, 6.45) is 2.57. The smallest absolute Gasteiger partial charge is 0.156 e. The Labute approximate surface area is 142 Å². The summed E-state index contributed by atoms with van der Waals surface area (Å²) in [5.41, 5.74) is 1.01. The lowest BCUT2D eigenvalue weighted by Gasteiger charge is -2.10. The Kier molecular flexibility index (Phi) is 8.43. The Morgan fingerprint density at radius 1 is 1.18 bits per heavy atom. The van der Waals surface area contributed by atoms with Crippen LogP contribution in [0, 0.1) is 5.92 Å². The Hall–Kier alpha value is -1.13. The number of ether oxygens (including phenoxy) is 1. The number of halogens is 2. The van der Waals surface area contributed by atoms with Crippen molar-refractivity contribution in [2.24, 2.45) is 11.1 Å². The van der Waals surface area contributed by atoms with Gasteiger partial charge in [0, 0.05) is 12.1 Å². The zero-order valence-electron chi connectivity index (χ0n) is 13.2. The van der Waals surface area contributed by atoms with Gasteiger partial charge >= 0.3 is 0 Å². The molecule has 0 aliphatic carbocycles. The van der Waals surface area contributed by atoms with E-state index in [-0.39, 0.29) is 5.75 Å². The highest BCUT2D eigenvalue weighted by Crippen LogP contribution is 2.36. The summed E-state index contributed by atoms with van der Waals surface area (Å²) in [6, 6.07) is 2.80. The van der Waals surface area contributed by atoms with Crippen LogP contribution in [0.25, 0.3) is 0 Å². The molecule has 0 saturated carbocycles. The summed E-state index contributed by atoms with van der Waals surface area (Å²) in [5.74, 6) is 0.999. The topological polar surface area (TPSA) is 51.0 Å². The average Bonchev–Trinajstić information content (AvgIpc) is 2.39. The van der Waals surface area contributed by atoms with Gasteiger partial charge in [-0.2, -0.15) is 0 Å². The van der Waals surface area contributed by atoms with Gasteiger partial charge in [-0.1, -0.05) is 42.2 Å². The summed E-state index contributed by atoms with van der Waals surface area (Å²) < 4.78 is 5.54. The lowest BCUT2D eigenvalue weighted by molar-refractivity contribution is 0.134. The molecule has 0 heterocycles. The maximum Gasteiger partial charge on any atom is 0.156 e. The summed E-state index contributed by atoms with van der Waals surface area (Å²) in [6.45, 7) is 7.29. The van der Waals surface area contributed by atoms with Crippen molar-refractivity contribution >= 4 is 28.9 Å². The van der Waals surface area contributed by atoms with E-state index in [4.69, 9.17) is 32.8 Å². The third-order valence-corrected chi connectivity index (χ3v) is 3.34. The van der Waals surface area contributed by atoms with Crippen LogP contribution < -0.4 is 4.74 Å². The zero-order chi connectivity index (χ0) is 16.5. The van der Waals surface area contributed by atoms with Crippen LogP contribution in [-0.2, 0) is 4.84 Å². The SMILES string of the molecule is CC(CC(C)C)=NOCCCCOc1c(Cl)cc(O)cc1Cl. The number of benzene rings is 1. The lowest BCUT2D eigenvalue weighted by Crippen LogP contribution is -2.02. The van der Waals surface area contributed by atoms with E-state index in [1.807, 2.05) is 6.92 Å². The lowest BCUT2D eigenvalue weighted by atomic mass is 10.1. The first-order valence-electron chi connectivity index (χ1n) is 7.36. The zero-order valence-corrected chi connectivity index (χ0v) is 14.7. The predicted molar refractivity (Wildman–Crippen MR) is 91.4 cm³/mol. The molecule has 0 aliphatic heterocycles. The van der Waals surface area contributed by atoms with Crippen molar-refractivity contribution < 1.29 is 14.7 Å². The Bertz CT molecular complexity index is 481. The van der Waals surface area contributed by atoms with Crippen molar-refractivity contribution in [2.75, 3.05) is 13.2 Å². The van der Waals surface area contributed by atoms with Crippen LogP contribution in [0.4, 0.5) is 0 Å². The highest BCUT2D eigenvalue weighted by molar-refractivity contribution is 6.37. The first-order valence-corrected chi connectivity index (χ1v) is 8.12. The second-order valence-electron chi connectivity index (χ2n) is 5.55. The number of unbranched alkanes of at least 4 members (excludes halogenated alkanes) is 1. The molecule has 0 aliphatic rings. The van der Waals surface area contributed by atoms with Gasteiger partial charge < -0.3 is 14.7 Å². The van der Waals surface area contributed by atoms with Crippen molar-refractivity contribution in [1.29, 1.82) is 0 Å². The largest absolute Gasteiger partial charge is 0.508 e. The quantitative estimate of drug-likeness (QED) is 0.374. The first-order chi connectivity index (χ1) is 10.4. The number of nitrogens with zero attached hydrogens (tertiary/aromatic N) is 1. The van der Waals surface area contributed by atoms with Crippen LogP contribution in [0.5, 0.6) is 11.5 Å². The molecule has 1 aromatic carbocycles. The third kappa shape index (κ3) is 7.23. The molecule has 0 fully saturated rings. The second-order valence-corrected chi connectivity index (χ2v) is 6.37. The Morgan fingerprint density at radius 3 is 2.36 bits per heavy atom. The number of phenols is 1. The number of oxime groups is 1. The van der Waals surface area contributed by atoms with Gasteiger partial charge in [0.15, 0.2) is 5.75 Å². The van der Waals surface area contributed by atoms with Crippen LogP contribution >= 0.6 is 23.2 Å². The molecule has 0 amide bonds. The van der Waals surface area contributed by atoms with E-state index in [9.17, 15) is 5.11 Å². The molecule has 6 heteroatoms. The molecule has 0 saturated heterocycles. The van der Waals surface area contributed by atoms with Gasteiger partial charge in [0.25, 0.3) is 0 Å². The van der Waals surface area contributed by atoms with Gasteiger partial charge in [-0.05, 0) is 32.1 Å². The minimum absolute atomic E-state index is 0.0189. The molecular formula is C16H23Cl2NO3. The molecule has 0 unspecified atom stereocenters. The fraction of sp³-hybridized carbons (Fsp3) is 0.562. The van der Waals surface area contributed by atoms with E-state index in [1.165, 1.54) is 12.1 Å². The van der Waals surface area contributed by atoms with Crippen molar-refractivity contribution in [1.82, 2.24) is 0 Å². The monoisotopic (exact) mass is 347 g/mol. The fourth-order valence-electron chi connectivity index (χ4n) is 1.91. The van der Waals surface area contributed by atoms with Crippen LogP contribution in [0.15, 0.2) is 17.3 Å². The minimum atomic E-state index is 0.0189. The van der Waals surface area contributed by atoms with E-state index < -0.39 is 0 Å². The van der Waals surface area contributed by atoms with Gasteiger partial charge in [0.2, 0.25) is 0 Å². The molecule has 0 radical (unpaired) electrons. The third-order valence-electron chi connectivity index (χ3n) is 2.78. The average molecular weight is 348 g/mol. The molecular weight excluding hydrogens is 325 g/mol. The highest BCUT2D eigenvalue weighted by atomic mass is 35.5. The summed E-state index contributed by atoms with van der Waals surface area (Å²) in [7, 11) is 0. The van der Waals surface area contributed by atoms with Gasteiger partial charge in [-0.25, -0.2) is 0 Å². The van der Waals surface area contributed by atoms with Gasteiger partial charge in [0.1, 0.15) is 12.4 Å². The summed E-state index contributed by atoms with van der Waals surface area (Å²) in [4.78, 5) is 5.26. The van der Waals surface area contributed by atoms with Crippen molar-refractivity contribution in [2.45, 2.75) is 40.0 Å². The van der Waals surface area contributed by atoms with Crippen LogP contribution in [0.2, 0.25) is 10.0 Å². The number of hydrogen-bond donors (Lipinski definition) is 1. The first kappa shape index (κ1) is 18.9. The molecule has 0 aromatic heterocycles. The molecule has 22 heavy (non-hydrogen) atoms. The molecule has 1 aromatic rings. The van der Waals surface area contributed by atoms with Crippen LogP contribution in [0.3, 0.4) is 0 Å². The van der Waals surface area contributed by atoms with Crippen LogP contribution in [-0.4, -0.2) is 24.0 Å². The molecule has 124 valence electrons. The number of phenolic OH excluding ortho intramolecular Hbond substituents is 1. The van der Waals surface area contributed by atoms with E-state index in [0.717, 1.165) is 25.0 Å². The minimum Gasteiger partial charge on any atom is -0.508 e. The molecule has 4 nitrogen and oxygen atoms in total. The van der Waals surface area contributed by atoms with Gasteiger partial charge in [-0.15, -0.1) is 0 Å². The van der Waals surface area contributed by atoms with Crippen LogP contribution in [0.1, 0.15) is 40.0 Å². The molecule has 1 rings (SSSR count). The highest BCUT2D eigenvalue weighted by Gasteiger charge is 2.09. The standard InChI is InChI=1S/C16H23Cl2NO3/c1-11(2)8-12(3)19-22-7-5-4-6-21-16-14(17)9-13(20)10-15(16)18/h9-11,20H,4-8H2,1-3H3. The number of aromatic hydroxyl groups is 1. The molecule has 0 spiro atoms. The molecule has 1 N–H and O–H groups in total. The van der Waals surface area contributed by atoms with E-state index in [2.05, 4.69) is 19.0 Å². The predicted octanol–water partition coefficient (Wildman–Crippen LogP) is 5.30. The normalized spacial score (nSPS) is 11.8. The van der Waals surface area contributed by atoms with Crippen molar-refractivity contribution in [3.8, 4) is 11.5 Å². The maximum atomic E-state index is 9.33. The second kappa shape index (κ2) is 9.80. The van der Waals surface area contributed by atoms with E-state index >= 15 is 0 Å². The molecule has 0 bridgehead atoms. The van der Waals surface area contributed by atoms with Crippen molar-refractivity contribution in [3.05, 3.63) is 22.2 Å². The summed E-state index contributed by atoms with van der Waals surface area (Å²) >= 11 is 11.9. The fourth-order valence-corrected chi connectivity index (χ4v) is 2.50. The van der Waals surface area contributed by atoms with E-state index in [1.54, 1.807) is 0 Å². The summed E-state index contributed by atoms with van der Waals surface area (Å²) in [5, 5.41) is 14.0. The number of hydrogen-bond acceptors (Lipinski definition) is 4. The molecule has 0 atom stereocenters.